The van der Waals surface area contributed by atoms with Gasteiger partial charge in [0.2, 0.25) is 0 Å². The largest absolute Gasteiger partial charge is 0.310 e. The minimum absolute atomic E-state index is 0.159. The molecule has 0 N–H and O–H groups in total. The van der Waals surface area contributed by atoms with E-state index in [4.69, 9.17) is 0 Å². The molecule has 0 bridgehead atoms. The molecule has 8 aromatic rings. The van der Waals surface area contributed by atoms with Crippen molar-refractivity contribution in [3.63, 3.8) is 0 Å². The molecule has 0 amide bonds. The fourth-order valence-corrected chi connectivity index (χ4v) is 7.95. The van der Waals surface area contributed by atoms with E-state index in [2.05, 4.69) is 231 Å². The molecule has 0 aromatic heterocycles. The first kappa shape index (κ1) is 33.2. The van der Waals surface area contributed by atoms with Gasteiger partial charge in [0.05, 0.1) is 0 Å². The van der Waals surface area contributed by atoms with Gasteiger partial charge in [-0.3, -0.25) is 0 Å². The average Bonchev–Trinajstić information content (AvgIpc) is 3.45. The highest BCUT2D eigenvalue weighted by molar-refractivity contribution is 5.97. The van der Waals surface area contributed by atoms with Gasteiger partial charge in [0, 0.05) is 22.5 Å². The zero-order chi connectivity index (χ0) is 36.5. The van der Waals surface area contributed by atoms with Crippen LogP contribution in [0.3, 0.4) is 0 Å². The molecule has 9 rings (SSSR count). The van der Waals surface area contributed by atoms with Crippen LogP contribution in [0.15, 0.2) is 188 Å². The summed E-state index contributed by atoms with van der Waals surface area (Å²) in [4.78, 5) is 2.39. The number of hydrogen-bond acceptors (Lipinski definition) is 1. The van der Waals surface area contributed by atoms with E-state index in [1.807, 2.05) is 0 Å². The van der Waals surface area contributed by atoms with Crippen LogP contribution in [0, 0.1) is 0 Å². The van der Waals surface area contributed by atoms with Crippen molar-refractivity contribution < 1.29 is 0 Å². The molecule has 1 aliphatic carbocycles. The maximum Gasteiger partial charge on any atom is 0.0465 e. The molecule has 0 saturated carbocycles. The maximum absolute atomic E-state index is 2.41. The van der Waals surface area contributed by atoms with Crippen LogP contribution < -0.4 is 4.90 Å². The standard InChI is InChI=1S/C53H41N/c1-53(2)51-36-41(23-22-39-14-7-4-8-15-39)26-34-49(51)50-35-33-46(37-52(50)53)54(44-29-24-40(25-30-44)21-20-38-12-5-3-6-13-38)45-31-27-43(28-32-45)48-19-11-17-42-16-9-10-18-47(42)48/h3-37H,1-2H3. The molecule has 0 saturated heterocycles. The Bertz CT molecular complexity index is 2640. The second-order valence-electron chi connectivity index (χ2n) is 14.6. The van der Waals surface area contributed by atoms with Crippen molar-refractivity contribution in [3.8, 4) is 22.3 Å². The summed E-state index contributed by atoms with van der Waals surface area (Å²) in [6.45, 7) is 4.73. The summed E-state index contributed by atoms with van der Waals surface area (Å²) in [7, 11) is 0. The lowest BCUT2D eigenvalue weighted by Gasteiger charge is -2.28. The molecule has 8 aromatic carbocycles. The van der Waals surface area contributed by atoms with Gasteiger partial charge in [0.25, 0.3) is 0 Å². The molecular weight excluding hydrogens is 651 g/mol. The lowest BCUT2D eigenvalue weighted by Crippen LogP contribution is -2.16. The van der Waals surface area contributed by atoms with E-state index in [1.165, 1.54) is 60.8 Å². The lowest BCUT2D eigenvalue weighted by atomic mass is 9.81. The summed E-state index contributed by atoms with van der Waals surface area (Å²) >= 11 is 0. The van der Waals surface area contributed by atoms with Crippen LogP contribution in [0.5, 0.6) is 0 Å². The van der Waals surface area contributed by atoms with Crippen LogP contribution in [0.4, 0.5) is 17.1 Å². The zero-order valence-electron chi connectivity index (χ0n) is 30.7. The van der Waals surface area contributed by atoms with Gasteiger partial charge in [0.1, 0.15) is 0 Å². The topological polar surface area (TPSA) is 3.24 Å². The first-order valence-electron chi connectivity index (χ1n) is 18.8. The molecule has 0 radical (unpaired) electrons. The minimum atomic E-state index is -0.159. The van der Waals surface area contributed by atoms with Gasteiger partial charge < -0.3 is 4.90 Å². The Morgan fingerprint density at radius 1 is 0.370 bits per heavy atom. The van der Waals surface area contributed by atoms with Gasteiger partial charge in [-0.2, -0.15) is 0 Å². The minimum Gasteiger partial charge on any atom is -0.310 e. The molecule has 0 atom stereocenters. The number of fused-ring (bicyclic) bond motifs is 4. The Morgan fingerprint density at radius 2 is 0.852 bits per heavy atom. The molecule has 1 heteroatoms. The number of benzene rings is 8. The Morgan fingerprint density at radius 3 is 1.52 bits per heavy atom. The van der Waals surface area contributed by atoms with Crippen molar-refractivity contribution in [2.45, 2.75) is 19.3 Å². The van der Waals surface area contributed by atoms with E-state index in [0.29, 0.717) is 0 Å². The number of anilines is 3. The monoisotopic (exact) mass is 691 g/mol. The average molecular weight is 692 g/mol. The second kappa shape index (κ2) is 14.0. The first-order chi connectivity index (χ1) is 26.5. The highest BCUT2D eigenvalue weighted by Gasteiger charge is 2.36. The maximum atomic E-state index is 2.41. The fourth-order valence-electron chi connectivity index (χ4n) is 7.95. The van der Waals surface area contributed by atoms with Crippen molar-refractivity contribution >= 4 is 52.1 Å². The van der Waals surface area contributed by atoms with Gasteiger partial charge in [-0.15, -0.1) is 0 Å². The summed E-state index contributed by atoms with van der Waals surface area (Å²) in [5.41, 5.74) is 15.8. The molecule has 54 heavy (non-hydrogen) atoms. The predicted molar refractivity (Wildman–Crippen MR) is 232 cm³/mol. The third kappa shape index (κ3) is 6.35. The third-order valence-corrected chi connectivity index (χ3v) is 10.9. The quantitative estimate of drug-likeness (QED) is 0.143. The van der Waals surface area contributed by atoms with E-state index in [1.54, 1.807) is 0 Å². The highest BCUT2D eigenvalue weighted by Crippen LogP contribution is 2.51. The molecule has 1 aliphatic rings. The van der Waals surface area contributed by atoms with Crippen molar-refractivity contribution in [2.75, 3.05) is 4.90 Å². The van der Waals surface area contributed by atoms with Gasteiger partial charge >= 0.3 is 0 Å². The molecule has 0 spiro atoms. The lowest BCUT2D eigenvalue weighted by molar-refractivity contribution is 0.660. The highest BCUT2D eigenvalue weighted by atomic mass is 15.1. The summed E-state index contributed by atoms with van der Waals surface area (Å²) in [5, 5.41) is 2.52. The van der Waals surface area contributed by atoms with E-state index >= 15 is 0 Å². The summed E-state index contributed by atoms with van der Waals surface area (Å²) in [6, 6.07) is 68.0. The fraction of sp³-hybridized carbons (Fsp3) is 0.0566. The van der Waals surface area contributed by atoms with Gasteiger partial charge in [-0.05, 0) is 103 Å². The summed E-state index contributed by atoms with van der Waals surface area (Å²) < 4.78 is 0. The van der Waals surface area contributed by atoms with E-state index < -0.39 is 0 Å². The Hall–Kier alpha value is -6.70. The van der Waals surface area contributed by atoms with Crippen LogP contribution in [0.25, 0.3) is 57.3 Å². The Kier molecular flexibility index (Phi) is 8.61. The van der Waals surface area contributed by atoms with Crippen LogP contribution in [-0.4, -0.2) is 0 Å². The zero-order valence-corrected chi connectivity index (χ0v) is 30.7. The van der Waals surface area contributed by atoms with Crippen LogP contribution in [0.2, 0.25) is 0 Å². The van der Waals surface area contributed by atoms with Crippen LogP contribution in [-0.2, 0) is 5.41 Å². The number of rotatable bonds is 8. The number of nitrogens with zero attached hydrogens (tertiary/aromatic N) is 1. The summed E-state index contributed by atoms with van der Waals surface area (Å²) in [5.74, 6) is 0. The Labute approximate surface area is 318 Å². The molecule has 0 unspecified atom stereocenters. The molecule has 1 nitrogen and oxygen atoms in total. The molecule has 0 fully saturated rings. The predicted octanol–water partition coefficient (Wildman–Crippen LogP) is 14.6. The van der Waals surface area contributed by atoms with Gasteiger partial charge in [-0.1, -0.05) is 190 Å². The second-order valence-corrected chi connectivity index (χ2v) is 14.6. The third-order valence-electron chi connectivity index (χ3n) is 10.9. The number of hydrogen-bond donors (Lipinski definition) is 0. The van der Waals surface area contributed by atoms with Crippen molar-refractivity contribution in [1.82, 2.24) is 0 Å². The molecule has 0 aliphatic heterocycles. The van der Waals surface area contributed by atoms with E-state index in [9.17, 15) is 0 Å². The van der Waals surface area contributed by atoms with Crippen LogP contribution >= 0.6 is 0 Å². The molecular formula is C53H41N. The van der Waals surface area contributed by atoms with Gasteiger partial charge in [0.15, 0.2) is 0 Å². The molecule has 258 valence electrons. The van der Waals surface area contributed by atoms with Crippen molar-refractivity contribution in [1.29, 1.82) is 0 Å². The van der Waals surface area contributed by atoms with E-state index in [0.717, 1.165) is 22.6 Å². The van der Waals surface area contributed by atoms with E-state index in [-0.39, 0.29) is 5.41 Å². The normalized spacial score (nSPS) is 13.0. The molecule has 0 heterocycles. The Balaban J connectivity index is 1.09. The van der Waals surface area contributed by atoms with Crippen molar-refractivity contribution in [3.05, 3.63) is 221 Å². The summed E-state index contributed by atoms with van der Waals surface area (Å²) in [6.07, 6.45) is 8.77. The van der Waals surface area contributed by atoms with Crippen molar-refractivity contribution in [2.24, 2.45) is 0 Å². The first-order valence-corrected chi connectivity index (χ1v) is 18.8. The van der Waals surface area contributed by atoms with Crippen LogP contribution in [0.1, 0.15) is 47.2 Å². The van der Waals surface area contributed by atoms with Gasteiger partial charge in [-0.25, -0.2) is 0 Å². The SMILES string of the molecule is CC1(C)c2cc(C=Cc3ccccc3)ccc2-c2ccc(N(c3ccc(C=Cc4ccccc4)cc3)c3ccc(-c4cccc5ccccc45)cc3)cc21. The smallest absolute Gasteiger partial charge is 0.0465 e.